The summed E-state index contributed by atoms with van der Waals surface area (Å²) < 4.78 is 11.4. The molecule has 6 nitrogen and oxygen atoms in total. The fourth-order valence-corrected chi connectivity index (χ4v) is 2.17. The number of fused-ring (bicyclic) bond motifs is 1. The van der Waals surface area contributed by atoms with Crippen molar-refractivity contribution < 1.29 is 19.7 Å². The molecule has 6 heteroatoms. The van der Waals surface area contributed by atoms with E-state index in [0.29, 0.717) is 26.6 Å². The van der Waals surface area contributed by atoms with Gasteiger partial charge in [0.1, 0.15) is 0 Å². The van der Waals surface area contributed by atoms with Gasteiger partial charge >= 0.3 is 0 Å². The van der Waals surface area contributed by atoms with Crippen LogP contribution < -0.4 is 0 Å². The highest BCUT2D eigenvalue weighted by molar-refractivity contribution is 4.83. The summed E-state index contributed by atoms with van der Waals surface area (Å²) in [5.41, 5.74) is 0. The molecule has 0 aromatic carbocycles. The Morgan fingerprint density at radius 3 is 1.69 bits per heavy atom. The van der Waals surface area contributed by atoms with Crippen LogP contribution in [0.4, 0.5) is 0 Å². The minimum absolute atomic E-state index is 0.0928. The highest BCUT2D eigenvalue weighted by Crippen LogP contribution is 2.19. The molecule has 2 N–H and O–H groups in total. The number of aliphatic hydroxyl groups excluding tert-OH is 2. The van der Waals surface area contributed by atoms with Crippen molar-refractivity contribution in [2.24, 2.45) is 0 Å². The van der Waals surface area contributed by atoms with Gasteiger partial charge < -0.3 is 19.7 Å². The van der Waals surface area contributed by atoms with Gasteiger partial charge in [0.25, 0.3) is 0 Å². The van der Waals surface area contributed by atoms with E-state index in [1.807, 2.05) is 9.80 Å². The average Bonchev–Trinajstić information content (AvgIpc) is 2.30. The van der Waals surface area contributed by atoms with E-state index < -0.39 is 0 Å². The Balaban J connectivity index is 1.80. The Labute approximate surface area is 95.3 Å². The molecule has 2 fully saturated rings. The Kier molecular flexibility index (Phi) is 4.51. The van der Waals surface area contributed by atoms with Gasteiger partial charge in [-0.25, -0.2) is 0 Å². The van der Waals surface area contributed by atoms with Crippen LogP contribution in [0.5, 0.6) is 0 Å². The van der Waals surface area contributed by atoms with Gasteiger partial charge in [-0.15, -0.1) is 0 Å². The molecule has 94 valence electrons. The van der Waals surface area contributed by atoms with E-state index in [-0.39, 0.29) is 25.4 Å². The van der Waals surface area contributed by atoms with Crippen molar-refractivity contribution in [3.05, 3.63) is 0 Å². The van der Waals surface area contributed by atoms with Gasteiger partial charge in [0.05, 0.1) is 38.9 Å². The number of hydrogen-bond donors (Lipinski definition) is 2. The molecule has 2 aliphatic heterocycles. The topological polar surface area (TPSA) is 65.4 Å². The first-order chi connectivity index (χ1) is 7.83. The van der Waals surface area contributed by atoms with Gasteiger partial charge in [-0.2, -0.15) is 0 Å². The van der Waals surface area contributed by atoms with Crippen LogP contribution in [-0.2, 0) is 9.47 Å². The first-order valence-corrected chi connectivity index (χ1v) is 5.73. The van der Waals surface area contributed by atoms with Crippen LogP contribution in [0.1, 0.15) is 0 Å². The van der Waals surface area contributed by atoms with Gasteiger partial charge in [0.2, 0.25) is 0 Å². The predicted octanol–water partition coefficient (Wildman–Crippen LogP) is -1.71. The predicted molar refractivity (Wildman–Crippen MR) is 56.8 cm³/mol. The normalized spacial score (nSPS) is 32.6. The number of aliphatic hydroxyl groups is 2. The summed E-state index contributed by atoms with van der Waals surface area (Å²) in [6, 6.07) is 0. The Morgan fingerprint density at radius 1 is 0.875 bits per heavy atom. The zero-order valence-corrected chi connectivity index (χ0v) is 9.42. The molecule has 0 spiro atoms. The van der Waals surface area contributed by atoms with Crippen LogP contribution >= 0.6 is 0 Å². The zero-order chi connectivity index (χ0) is 11.4. The third-order valence-electron chi connectivity index (χ3n) is 3.07. The van der Waals surface area contributed by atoms with Gasteiger partial charge in [-0.1, -0.05) is 0 Å². The highest BCUT2D eigenvalue weighted by atomic mass is 16.6. The van der Waals surface area contributed by atoms with E-state index in [0.717, 1.165) is 13.1 Å². The van der Waals surface area contributed by atoms with Gasteiger partial charge in [0, 0.05) is 26.2 Å². The number of rotatable bonds is 4. The molecule has 0 unspecified atom stereocenters. The molecule has 0 saturated carbocycles. The van der Waals surface area contributed by atoms with E-state index in [1.54, 1.807) is 0 Å². The van der Waals surface area contributed by atoms with Crippen molar-refractivity contribution in [1.29, 1.82) is 0 Å². The van der Waals surface area contributed by atoms with Crippen molar-refractivity contribution in [2.45, 2.75) is 12.2 Å². The molecule has 0 aromatic rings. The molecule has 0 aliphatic carbocycles. The van der Waals surface area contributed by atoms with E-state index in [1.165, 1.54) is 0 Å². The molecule has 0 aromatic heterocycles. The molecule has 16 heavy (non-hydrogen) atoms. The van der Waals surface area contributed by atoms with Crippen LogP contribution in [0.2, 0.25) is 0 Å². The summed E-state index contributed by atoms with van der Waals surface area (Å²) >= 11 is 0. The first kappa shape index (κ1) is 12.2. The second-order valence-electron chi connectivity index (χ2n) is 4.27. The molecule has 0 radical (unpaired) electrons. The third-order valence-corrected chi connectivity index (χ3v) is 3.07. The largest absolute Gasteiger partial charge is 0.395 e. The van der Waals surface area contributed by atoms with Crippen molar-refractivity contribution in [1.82, 2.24) is 9.80 Å². The molecular weight excluding hydrogens is 212 g/mol. The molecular formula is C10H20N2O4. The Hall–Kier alpha value is -0.240. The molecule has 2 aliphatic rings. The van der Waals surface area contributed by atoms with Crippen LogP contribution in [0.3, 0.4) is 0 Å². The minimum Gasteiger partial charge on any atom is -0.395 e. The van der Waals surface area contributed by atoms with Crippen molar-refractivity contribution in [2.75, 3.05) is 52.9 Å². The molecule has 2 saturated heterocycles. The summed E-state index contributed by atoms with van der Waals surface area (Å²) in [6.45, 7) is 4.31. The zero-order valence-electron chi connectivity index (χ0n) is 9.42. The van der Waals surface area contributed by atoms with E-state index in [2.05, 4.69) is 0 Å². The lowest BCUT2D eigenvalue weighted by Crippen LogP contribution is -2.58. The number of nitrogens with zero attached hydrogens (tertiary/aromatic N) is 2. The summed E-state index contributed by atoms with van der Waals surface area (Å²) in [5.74, 6) is 0. The SMILES string of the molecule is OCCN1CO[C@H]2CN(CCO)CO[C@H]2C1. The van der Waals surface area contributed by atoms with E-state index in [4.69, 9.17) is 19.7 Å². The lowest BCUT2D eigenvalue weighted by atomic mass is 10.1. The Morgan fingerprint density at radius 2 is 1.31 bits per heavy atom. The van der Waals surface area contributed by atoms with Crippen molar-refractivity contribution >= 4 is 0 Å². The quantitative estimate of drug-likeness (QED) is 0.601. The van der Waals surface area contributed by atoms with Crippen molar-refractivity contribution in [3.8, 4) is 0 Å². The van der Waals surface area contributed by atoms with Crippen LogP contribution in [0.15, 0.2) is 0 Å². The fraction of sp³-hybridized carbons (Fsp3) is 1.00. The molecule has 2 rings (SSSR count). The maximum absolute atomic E-state index is 8.85. The summed E-state index contributed by atoms with van der Waals surface area (Å²) in [4.78, 5) is 4.09. The lowest BCUT2D eigenvalue weighted by molar-refractivity contribution is -0.209. The molecule has 0 bridgehead atoms. The molecule has 0 amide bonds. The fourth-order valence-electron chi connectivity index (χ4n) is 2.17. The maximum Gasteiger partial charge on any atom is 0.0997 e. The standard InChI is InChI=1S/C10H20N2O4/c13-3-1-11-5-9-10(15-7-11)6-12(2-4-14)8-16-9/h9-10,13-14H,1-8H2/t9-,10-/m0/s1. The second-order valence-corrected chi connectivity index (χ2v) is 4.27. The smallest absolute Gasteiger partial charge is 0.0997 e. The summed E-state index contributed by atoms with van der Waals surface area (Å²) in [6.07, 6.45) is 0.186. The lowest BCUT2D eigenvalue weighted by Gasteiger charge is -2.44. The number of β-amino-alcohol motifs (C(OH)–C–C–N with tert-alkyl or cyclic N) is 2. The van der Waals surface area contributed by atoms with Gasteiger partial charge in [-0.05, 0) is 0 Å². The molecule has 2 atom stereocenters. The number of ether oxygens (including phenoxy) is 2. The monoisotopic (exact) mass is 232 g/mol. The second kappa shape index (κ2) is 5.90. The van der Waals surface area contributed by atoms with Gasteiger partial charge in [0.15, 0.2) is 0 Å². The van der Waals surface area contributed by atoms with E-state index in [9.17, 15) is 0 Å². The molecule has 2 heterocycles. The van der Waals surface area contributed by atoms with Crippen LogP contribution in [-0.4, -0.2) is 85.1 Å². The van der Waals surface area contributed by atoms with Crippen LogP contribution in [0.25, 0.3) is 0 Å². The number of hydrogen-bond acceptors (Lipinski definition) is 6. The van der Waals surface area contributed by atoms with Crippen molar-refractivity contribution in [3.63, 3.8) is 0 Å². The van der Waals surface area contributed by atoms with E-state index >= 15 is 0 Å². The summed E-state index contributed by atoms with van der Waals surface area (Å²) in [5, 5.41) is 17.7. The average molecular weight is 232 g/mol. The third kappa shape index (κ3) is 2.91. The first-order valence-electron chi connectivity index (χ1n) is 5.73. The van der Waals surface area contributed by atoms with Gasteiger partial charge in [-0.3, -0.25) is 9.80 Å². The Bertz CT molecular complexity index is 195. The highest BCUT2D eigenvalue weighted by Gasteiger charge is 2.35. The maximum atomic E-state index is 8.85. The minimum atomic E-state index is 0.0928. The summed E-state index contributed by atoms with van der Waals surface area (Å²) in [7, 11) is 0. The van der Waals surface area contributed by atoms with Crippen LogP contribution in [0, 0.1) is 0 Å².